The van der Waals surface area contributed by atoms with E-state index in [0.29, 0.717) is 0 Å². The lowest BCUT2D eigenvalue weighted by atomic mass is 10.1. The normalized spacial score (nSPS) is 10.2. The van der Waals surface area contributed by atoms with Gasteiger partial charge in [-0.2, -0.15) is 5.10 Å². The molecule has 9 heteroatoms. The van der Waals surface area contributed by atoms with Crippen molar-refractivity contribution < 1.29 is 19.6 Å². The zero-order valence-electron chi connectivity index (χ0n) is 9.89. The Kier molecular flexibility index (Phi) is 3.17. The van der Waals surface area contributed by atoms with Crippen molar-refractivity contribution >= 4 is 17.6 Å². The lowest BCUT2D eigenvalue weighted by Gasteiger charge is -2.04. The van der Waals surface area contributed by atoms with Gasteiger partial charge in [0.25, 0.3) is 5.69 Å². The molecule has 0 saturated carbocycles. The lowest BCUT2D eigenvalue weighted by molar-refractivity contribution is -0.384. The maximum Gasteiger partial charge on any atom is 0.356 e. The summed E-state index contributed by atoms with van der Waals surface area (Å²) < 4.78 is 1.01. The largest absolute Gasteiger partial charge is 0.476 e. The van der Waals surface area contributed by atoms with E-state index < -0.39 is 16.8 Å². The van der Waals surface area contributed by atoms with Crippen molar-refractivity contribution in [2.75, 3.05) is 0 Å². The fourth-order valence-corrected chi connectivity index (χ4v) is 1.59. The Morgan fingerprint density at radius 2 is 2.05 bits per heavy atom. The first-order valence-corrected chi connectivity index (χ1v) is 5.27. The summed E-state index contributed by atoms with van der Waals surface area (Å²) >= 11 is 0. The molecule has 0 aliphatic heterocycles. The van der Waals surface area contributed by atoms with Crippen LogP contribution in [0.4, 0.5) is 5.69 Å². The van der Waals surface area contributed by atoms with Gasteiger partial charge in [-0.15, -0.1) is 0 Å². The average Bonchev–Trinajstić information content (AvgIpc) is 2.87. The molecule has 3 N–H and O–H groups in total. The third-order valence-corrected chi connectivity index (χ3v) is 2.51. The Hall–Kier alpha value is -3.23. The quantitative estimate of drug-likeness (QED) is 0.617. The van der Waals surface area contributed by atoms with E-state index in [-0.39, 0.29) is 22.6 Å². The highest BCUT2D eigenvalue weighted by atomic mass is 16.6. The lowest BCUT2D eigenvalue weighted by Crippen LogP contribution is -2.12. The molecule has 2 rings (SSSR count). The third kappa shape index (κ3) is 2.32. The van der Waals surface area contributed by atoms with Crippen LogP contribution in [0.5, 0.6) is 0 Å². The number of aromatic carboxylic acids is 1. The second-order valence-corrected chi connectivity index (χ2v) is 3.78. The Morgan fingerprint density at radius 3 is 2.55 bits per heavy atom. The highest BCUT2D eigenvalue weighted by Gasteiger charge is 2.19. The van der Waals surface area contributed by atoms with Crippen LogP contribution >= 0.6 is 0 Å². The van der Waals surface area contributed by atoms with E-state index in [1.165, 1.54) is 24.4 Å². The number of nitrogens with zero attached hydrogens (tertiary/aromatic N) is 3. The molecule has 1 amide bonds. The number of nitro benzene ring substituents is 1. The van der Waals surface area contributed by atoms with Gasteiger partial charge in [0, 0.05) is 17.8 Å². The van der Waals surface area contributed by atoms with Crippen LogP contribution in [0.15, 0.2) is 30.5 Å². The Labute approximate surface area is 111 Å². The average molecular weight is 276 g/mol. The Balaban J connectivity index is 2.62. The fraction of sp³-hybridized carbons (Fsp3) is 0. The monoisotopic (exact) mass is 276 g/mol. The molecule has 0 atom stereocenters. The topological polar surface area (TPSA) is 141 Å². The summed E-state index contributed by atoms with van der Waals surface area (Å²) in [6.45, 7) is 0. The smallest absolute Gasteiger partial charge is 0.356 e. The zero-order valence-corrected chi connectivity index (χ0v) is 9.89. The summed E-state index contributed by atoms with van der Waals surface area (Å²) in [7, 11) is 0. The number of carbonyl (C=O) groups is 2. The van der Waals surface area contributed by atoms with Gasteiger partial charge in [-0.25, -0.2) is 9.48 Å². The Morgan fingerprint density at radius 1 is 1.35 bits per heavy atom. The number of hydrogen-bond donors (Lipinski definition) is 2. The molecule has 0 aliphatic carbocycles. The van der Waals surface area contributed by atoms with Crippen LogP contribution < -0.4 is 5.73 Å². The highest BCUT2D eigenvalue weighted by molar-refractivity contribution is 5.94. The summed E-state index contributed by atoms with van der Waals surface area (Å²) in [5, 5.41) is 23.4. The number of carboxylic acid groups (broad SMARTS) is 1. The van der Waals surface area contributed by atoms with E-state index >= 15 is 0 Å². The van der Waals surface area contributed by atoms with Crippen LogP contribution in [0.25, 0.3) is 5.69 Å². The molecule has 20 heavy (non-hydrogen) atoms. The third-order valence-electron chi connectivity index (χ3n) is 2.51. The number of benzene rings is 1. The van der Waals surface area contributed by atoms with Gasteiger partial charge in [0.1, 0.15) is 5.69 Å². The van der Waals surface area contributed by atoms with Gasteiger partial charge in [-0.05, 0) is 18.2 Å². The second-order valence-electron chi connectivity index (χ2n) is 3.78. The van der Waals surface area contributed by atoms with E-state index in [9.17, 15) is 19.7 Å². The van der Waals surface area contributed by atoms with Gasteiger partial charge in [0.15, 0.2) is 5.69 Å². The van der Waals surface area contributed by atoms with E-state index in [0.717, 1.165) is 10.7 Å². The molecule has 1 heterocycles. The summed E-state index contributed by atoms with van der Waals surface area (Å²) in [6.07, 6.45) is 1.25. The first-order chi connectivity index (χ1) is 9.40. The predicted octanol–water partition coefficient (Wildman–Crippen LogP) is 0.578. The maximum atomic E-state index is 11.1. The first-order valence-electron chi connectivity index (χ1n) is 5.27. The van der Waals surface area contributed by atoms with Crippen molar-refractivity contribution in [2.24, 2.45) is 5.73 Å². The molecule has 0 unspecified atom stereocenters. The van der Waals surface area contributed by atoms with E-state index in [4.69, 9.17) is 10.8 Å². The van der Waals surface area contributed by atoms with Gasteiger partial charge in [-0.1, -0.05) is 0 Å². The summed E-state index contributed by atoms with van der Waals surface area (Å²) in [4.78, 5) is 32.1. The number of nitrogens with two attached hydrogens (primary N) is 1. The van der Waals surface area contributed by atoms with Gasteiger partial charge in [0.2, 0.25) is 5.91 Å². The maximum absolute atomic E-state index is 11.1. The molecular formula is C11H8N4O5. The summed E-state index contributed by atoms with van der Waals surface area (Å²) in [5.41, 5.74) is 4.52. The molecule has 1 aromatic heterocycles. The van der Waals surface area contributed by atoms with Gasteiger partial charge in [0.05, 0.1) is 4.92 Å². The molecule has 0 aliphatic rings. The SMILES string of the molecule is NC(=O)c1ccc([N+](=O)[O-])c(-n2ccc(C(=O)O)n2)c1. The number of nitro groups is 1. The number of hydrogen-bond acceptors (Lipinski definition) is 5. The minimum atomic E-state index is -1.27. The number of rotatable bonds is 4. The van der Waals surface area contributed by atoms with Crippen LogP contribution in [0.2, 0.25) is 0 Å². The van der Waals surface area contributed by atoms with Gasteiger partial charge < -0.3 is 10.8 Å². The fourth-order valence-electron chi connectivity index (χ4n) is 1.59. The molecular weight excluding hydrogens is 268 g/mol. The standard InChI is InChI=1S/C11H8N4O5/c12-10(16)6-1-2-8(15(19)20)9(5-6)14-4-3-7(13-14)11(17)18/h1-5H,(H2,12,16)(H,17,18). The molecule has 102 valence electrons. The molecule has 0 spiro atoms. The molecule has 0 radical (unpaired) electrons. The van der Waals surface area contributed by atoms with Gasteiger partial charge >= 0.3 is 5.97 Å². The molecule has 0 saturated heterocycles. The van der Waals surface area contributed by atoms with Crippen molar-refractivity contribution in [1.82, 2.24) is 9.78 Å². The van der Waals surface area contributed by atoms with Crippen molar-refractivity contribution in [3.05, 3.63) is 51.8 Å². The molecule has 1 aromatic carbocycles. The van der Waals surface area contributed by atoms with Gasteiger partial charge in [-0.3, -0.25) is 14.9 Å². The van der Waals surface area contributed by atoms with Crippen molar-refractivity contribution in [3.8, 4) is 5.69 Å². The van der Waals surface area contributed by atoms with Crippen LogP contribution in [-0.4, -0.2) is 31.7 Å². The van der Waals surface area contributed by atoms with Crippen molar-refractivity contribution in [1.29, 1.82) is 0 Å². The minimum Gasteiger partial charge on any atom is -0.476 e. The van der Waals surface area contributed by atoms with Crippen LogP contribution in [-0.2, 0) is 0 Å². The number of carbonyl (C=O) groups excluding carboxylic acids is 1. The van der Waals surface area contributed by atoms with Crippen molar-refractivity contribution in [2.45, 2.75) is 0 Å². The van der Waals surface area contributed by atoms with E-state index in [2.05, 4.69) is 5.10 Å². The summed E-state index contributed by atoms with van der Waals surface area (Å²) in [5.74, 6) is -2.02. The number of amides is 1. The van der Waals surface area contributed by atoms with E-state index in [1.807, 2.05) is 0 Å². The number of primary amides is 1. The predicted molar refractivity (Wildman–Crippen MR) is 65.7 cm³/mol. The molecule has 9 nitrogen and oxygen atoms in total. The number of aromatic nitrogens is 2. The Bertz CT molecular complexity index is 721. The molecule has 0 bridgehead atoms. The van der Waals surface area contributed by atoms with Crippen LogP contribution in [0.1, 0.15) is 20.8 Å². The molecule has 2 aromatic rings. The van der Waals surface area contributed by atoms with Crippen molar-refractivity contribution in [3.63, 3.8) is 0 Å². The number of carboxylic acids is 1. The second kappa shape index (κ2) is 4.80. The first kappa shape index (κ1) is 13.2. The highest BCUT2D eigenvalue weighted by Crippen LogP contribution is 2.23. The molecule has 0 fully saturated rings. The minimum absolute atomic E-state index is 0.0428. The van der Waals surface area contributed by atoms with Crippen LogP contribution in [0, 0.1) is 10.1 Å². The van der Waals surface area contributed by atoms with E-state index in [1.54, 1.807) is 0 Å². The zero-order chi connectivity index (χ0) is 14.9. The van der Waals surface area contributed by atoms with Crippen LogP contribution in [0.3, 0.4) is 0 Å². The summed E-state index contributed by atoms with van der Waals surface area (Å²) in [6, 6.07) is 4.69.